The topological polar surface area (TPSA) is 84.4 Å². The SMILES string of the molecule is O=C(COC(=O)c1cnccn1)Nc1ccc(N2CCCCCC2)cc1. The van der Waals surface area contributed by atoms with Crippen LogP contribution in [0.3, 0.4) is 0 Å². The van der Waals surface area contributed by atoms with Gasteiger partial charge in [-0.1, -0.05) is 12.8 Å². The first-order valence-corrected chi connectivity index (χ1v) is 8.80. The van der Waals surface area contributed by atoms with Crippen LogP contribution in [0.5, 0.6) is 0 Å². The number of benzene rings is 1. The van der Waals surface area contributed by atoms with Crippen molar-refractivity contribution < 1.29 is 14.3 Å². The van der Waals surface area contributed by atoms with Crippen LogP contribution in [-0.4, -0.2) is 41.5 Å². The minimum Gasteiger partial charge on any atom is -0.451 e. The average molecular weight is 354 g/mol. The van der Waals surface area contributed by atoms with E-state index in [1.54, 1.807) is 0 Å². The number of carbonyl (C=O) groups excluding carboxylic acids is 2. The smallest absolute Gasteiger partial charge is 0.359 e. The molecule has 1 aromatic heterocycles. The van der Waals surface area contributed by atoms with Crippen LogP contribution in [0.25, 0.3) is 0 Å². The van der Waals surface area contributed by atoms with Gasteiger partial charge in [0.1, 0.15) is 0 Å². The maximum Gasteiger partial charge on any atom is 0.359 e. The van der Waals surface area contributed by atoms with E-state index < -0.39 is 11.9 Å². The molecule has 0 radical (unpaired) electrons. The lowest BCUT2D eigenvalue weighted by atomic mass is 10.2. The Morgan fingerprint density at radius 2 is 1.77 bits per heavy atom. The van der Waals surface area contributed by atoms with E-state index in [-0.39, 0.29) is 12.3 Å². The molecule has 0 saturated carbocycles. The van der Waals surface area contributed by atoms with Crippen molar-refractivity contribution in [3.8, 4) is 0 Å². The van der Waals surface area contributed by atoms with E-state index >= 15 is 0 Å². The second kappa shape index (κ2) is 8.94. The van der Waals surface area contributed by atoms with Gasteiger partial charge in [0.15, 0.2) is 12.3 Å². The molecule has 1 aromatic carbocycles. The fourth-order valence-electron chi connectivity index (χ4n) is 2.89. The van der Waals surface area contributed by atoms with Crippen LogP contribution in [0, 0.1) is 0 Å². The fourth-order valence-corrected chi connectivity index (χ4v) is 2.89. The summed E-state index contributed by atoms with van der Waals surface area (Å²) in [5, 5.41) is 2.72. The summed E-state index contributed by atoms with van der Waals surface area (Å²) >= 11 is 0. The molecule has 0 aliphatic carbocycles. The normalized spacial score (nSPS) is 14.4. The first-order valence-electron chi connectivity index (χ1n) is 8.80. The van der Waals surface area contributed by atoms with Crippen molar-refractivity contribution in [1.29, 1.82) is 0 Å². The van der Waals surface area contributed by atoms with Gasteiger partial charge in [-0.15, -0.1) is 0 Å². The van der Waals surface area contributed by atoms with Crippen LogP contribution >= 0.6 is 0 Å². The minimum absolute atomic E-state index is 0.0714. The Hall–Kier alpha value is -2.96. The quantitative estimate of drug-likeness (QED) is 0.831. The van der Waals surface area contributed by atoms with Crippen molar-refractivity contribution in [2.45, 2.75) is 25.7 Å². The van der Waals surface area contributed by atoms with E-state index in [9.17, 15) is 9.59 Å². The molecular weight excluding hydrogens is 332 g/mol. The van der Waals surface area contributed by atoms with Crippen LogP contribution in [0.4, 0.5) is 11.4 Å². The molecule has 1 amide bonds. The van der Waals surface area contributed by atoms with Crippen molar-refractivity contribution >= 4 is 23.3 Å². The van der Waals surface area contributed by atoms with Gasteiger partial charge in [0.05, 0.1) is 6.20 Å². The lowest BCUT2D eigenvalue weighted by Gasteiger charge is -2.22. The molecule has 136 valence electrons. The van der Waals surface area contributed by atoms with Crippen molar-refractivity contribution in [3.05, 3.63) is 48.5 Å². The molecule has 1 N–H and O–H groups in total. The van der Waals surface area contributed by atoms with Crippen LogP contribution in [0.15, 0.2) is 42.9 Å². The summed E-state index contributed by atoms with van der Waals surface area (Å²) in [5.41, 5.74) is 1.91. The first kappa shape index (κ1) is 17.8. The van der Waals surface area contributed by atoms with Gasteiger partial charge in [-0.3, -0.25) is 9.78 Å². The number of esters is 1. The maximum atomic E-state index is 11.9. The van der Waals surface area contributed by atoms with Crippen molar-refractivity contribution in [3.63, 3.8) is 0 Å². The summed E-state index contributed by atoms with van der Waals surface area (Å²) < 4.78 is 4.93. The molecule has 7 heteroatoms. The molecule has 1 aliphatic rings. The third-order valence-electron chi connectivity index (χ3n) is 4.23. The second-order valence-electron chi connectivity index (χ2n) is 6.16. The number of hydrogen-bond acceptors (Lipinski definition) is 6. The Balaban J connectivity index is 1.49. The highest BCUT2D eigenvalue weighted by Gasteiger charge is 2.12. The second-order valence-corrected chi connectivity index (χ2v) is 6.16. The Bertz CT molecular complexity index is 726. The Kier molecular flexibility index (Phi) is 6.14. The fraction of sp³-hybridized carbons (Fsp3) is 0.368. The zero-order valence-corrected chi connectivity index (χ0v) is 14.6. The molecule has 2 aromatic rings. The molecule has 7 nitrogen and oxygen atoms in total. The van der Waals surface area contributed by atoms with Crippen molar-refractivity contribution in [1.82, 2.24) is 9.97 Å². The van der Waals surface area contributed by atoms with Gasteiger partial charge in [0.25, 0.3) is 5.91 Å². The van der Waals surface area contributed by atoms with Gasteiger partial charge in [-0.25, -0.2) is 9.78 Å². The van der Waals surface area contributed by atoms with E-state index in [0.717, 1.165) is 13.1 Å². The molecule has 26 heavy (non-hydrogen) atoms. The van der Waals surface area contributed by atoms with Gasteiger partial charge < -0.3 is 15.0 Å². The minimum atomic E-state index is -0.676. The van der Waals surface area contributed by atoms with Crippen molar-refractivity contribution in [2.24, 2.45) is 0 Å². The Labute approximate surface area is 152 Å². The summed E-state index contributed by atoms with van der Waals surface area (Å²) in [6, 6.07) is 7.74. The highest BCUT2D eigenvalue weighted by Crippen LogP contribution is 2.21. The molecule has 0 spiro atoms. The van der Waals surface area contributed by atoms with E-state index in [1.165, 1.54) is 50.0 Å². The predicted molar refractivity (Wildman–Crippen MR) is 98.1 cm³/mol. The molecule has 1 saturated heterocycles. The zero-order valence-electron chi connectivity index (χ0n) is 14.6. The number of rotatable bonds is 5. The summed E-state index contributed by atoms with van der Waals surface area (Å²) in [6.45, 7) is 1.78. The van der Waals surface area contributed by atoms with Gasteiger partial charge in [-0.05, 0) is 37.1 Å². The number of amides is 1. The monoisotopic (exact) mass is 354 g/mol. The summed E-state index contributed by atoms with van der Waals surface area (Å²) in [4.78, 5) is 33.7. The lowest BCUT2D eigenvalue weighted by molar-refractivity contribution is -0.119. The number of nitrogens with one attached hydrogen (secondary N) is 1. The number of ether oxygens (including phenoxy) is 1. The summed E-state index contributed by atoms with van der Waals surface area (Å²) in [7, 11) is 0. The molecule has 0 atom stereocenters. The largest absolute Gasteiger partial charge is 0.451 e. The van der Waals surface area contributed by atoms with Crippen molar-refractivity contribution in [2.75, 3.05) is 29.9 Å². The van der Waals surface area contributed by atoms with E-state index in [4.69, 9.17) is 4.74 Å². The Morgan fingerprint density at radius 1 is 1.04 bits per heavy atom. The molecule has 2 heterocycles. The maximum absolute atomic E-state index is 11.9. The standard InChI is InChI=1S/C19H22N4O3/c24-18(14-26-19(25)17-13-20-9-10-21-17)22-15-5-7-16(8-6-15)23-11-3-1-2-4-12-23/h5-10,13H,1-4,11-12,14H2,(H,22,24). The van der Waals surface area contributed by atoms with Crippen LogP contribution in [0.1, 0.15) is 36.2 Å². The van der Waals surface area contributed by atoms with E-state index in [1.807, 2.05) is 24.3 Å². The van der Waals surface area contributed by atoms with Gasteiger partial charge in [-0.2, -0.15) is 0 Å². The third-order valence-corrected chi connectivity index (χ3v) is 4.23. The van der Waals surface area contributed by atoms with Gasteiger partial charge >= 0.3 is 5.97 Å². The molecular formula is C19H22N4O3. The molecule has 1 aliphatic heterocycles. The van der Waals surface area contributed by atoms with Crippen LogP contribution in [-0.2, 0) is 9.53 Å². The van der Waals surface area contributed by atoms with Gasteiger partial charge in [0.2, 0.25) is 0 Å². The van der Waals surface area contributed by atoms with Crippen LogP contribution in [0.2, 0.25) is 0 Å². The van der Waals surface area contributed by atoms with E-state index in [0.29, 0.717) is 5.69 Å². The number of hydrogen-bond donors (Lipinski definition) is 1. The van der Waals surface area contributed by atoms with Crippen LogP contribution < -0.4 is 10.2 Å². The number of anilines is 2. The molecule has 0 unspecified atom stereocenters. The summed E-state index contributed by atoms with van der Waals surface area (Å²) in [6.07, 6.45) is 9.16. The highest BCUT2D eigenvalue weighted by atomic mass is 16.5. The Morgan fingerprint density at radius 3 is 2.42 bits per heavy atom. The first-order chi connectivity index (χ1) is 12.7. The predicted octanol–water partition coefficient (Wildman–Crippen LogP) is 2.65. The summed E-state index contributed by atoms with van der Waals surface area (Å²) in [5.74, 6) is -1.07. The average Bonchev–Trinajstić information content (AvgIpc) is 2.97. The number of nitrogens with zero attached hydrogens (tertiary/aromatic N) is 3. The molecule has 1 fully saturated rings. The molecule has 0 bridgehead atoms. The van der Waals surface area contributed by atoms with Gasteiger partial charge in [0, 0.05) is 36.9 Å². The van der Waals surface area contributed by atoms with E-state index in [2.05, 4.69) is 20.2 Å². The highest BCUT2D eigenvalue weighted by molar-refractivity contribution is 5.94. The molecule has 3 rings (SSSR count). The lowest BCUT2D eigenvalue weighted by Crippen LogP contribution is -2.24. The zero-order chi connectivity index (χ0) is 18.2. The number of aromatic nitrogens is 2. The third kappa shape index (κ3) is 5.02. The number of carbonyl (C=O) groups is 2.